The number of hydrogen-bond acceptors (Lipinski definition) is 2. The lowest BCUT2D eigenvalue weighted by Crippen LogP contribution is -2.21. The van der Waals surface area contributed by atoms with E-state index < -0.39 is 0 Å². The van der Waals surface area contributed by atoms with E-state index in [0.29, 0.717) is 6.04 Å². The standard InChI is InChI=1S/C18H31N3/c1-5-8-19-12(2)18-13(3)20-21(14(18)4)11-17-10-15-6-7-16(17)9-15/h12,15-17,19H,5-11H2,1-4H3. The lowest BCUT2D eigenvalue weighted by Gasteiger charge is -2.22. The Morgan fingerprint density at radius 1 is 1.29 bits per heavy atom. The molecule has 2 aliphatic carbocycles. The summed E-state index contributed by atoms with van der Waals surface area (Å²) in [5.41, 5.74) is 4.02. The largest absolute Gasteiger partial charge is 0.310 e. The third kappa shape index (κ3) is 2.90. The maximum Gasteiger partial charge on any atom is 0.0644 e. The molecule has 3 rings (SSSR count). The van der Waals surface area contributed by atoms with Crippen molar-refractivity contribution in [2.75, 3.05) is 6.54 Å². The van der Waals surface area contributed by atoms with Crippen molar-refractivity contribution >= 4 is 0 Å². The summed E-state index contributed by atoms with van der Waals surface area (Å²) in [7, 11) is 0. The maximum absolute atomic E-state index is 4.86. The first kappa shape index (κ1) is 15.1. The van der Waals surface area contributed by atoms with E-state index in [9.17, 15) is 0 Å². The highest BCUT2D eigenvalue weighted by atomic mass is 15.3. The average Bonchev–Trinajstić information content (AvgIpc) is 3.12. The van der Waals surface area contributed by atoms with E-state index in [-0.39, 0.29) is 0 Å². The Kier molecular flexibility index (Phi) is 4.39. The van der Waals surface area contributed by atoms with E-state index in [4.69, 9.17) is 5.10 Å². The molecule has 2 bridgehead atoms. The number of fused-ring (bicyclic) bond motifs is 2. The summed E-state index contributed by atoms with van der Waals surface area (Å²) in [4.78, 5) is 0. The Hall–Kier alpha value is -0.830. The lowest BCUT2D eigenvalue weighted by atomic mass is 9.89. The van der Waals surface area contributed by atoms with Crippen LogP contribution in [-0.4, -0.2) is 16.3 Å². The van der Waals surface area contributed by atoms with Crippen LogP contribution in [0.15, 0.2) is 0 Å². The average molecular weight is 289 g/mol. The topological polar surface area (TPSA) is 29.9 Å². The van der Waals surface area contributed by atoms with Gasteiger partial charge in [-0.2, -0.15) is 5.10 Å². The molecular weight excluding hydrogens is 258 g/mol. The molecule has 2 aliphatic rings. The van der Waals surface area contributed by atoms with Crippen LogP contribution in [0.1, 0.15) is 68.9 Å². The molecule has 0 spiro atoms. The fourth-order valence-corrected chi connectivity index (χ4v) is 4.80. The smallest absolute Gasteiger partial charge is 0.0644 e. The molecule has 4 unspecified atom stereocenters. The number of nitrogens with zero attached hydrogens (tertiary/aromatic N) is 2. The van der Waals surface area contributed by atoms with E-state index in [1.165, 1.54) is 49.1 Å². The van der Waals surface area contributed by atoms with Crippen molar-refractivity contribution in [3.05, 3.63) is 17.0 Å². The van der Waals surface area contributed by atoms with Gasteiger partial charge in [0.25, 0.3) is 0 Å². The van der Waals surface area contributed by atoms with E-state index in [1.807, 2.05) is 0 Å². The van der Waals surface area contributed by atoms with Gasteiger partial charge in [-0.15, -0.1) is 0 Å². The zero-order valence-corrected chi connectivity index (χ0v) is 14.2. The number of rotatable bonds is 6. The van der Waals surface area contributed by atoms with Crippen LogP contribution in [-0.2, 0) is 6.54 Å². The second-order valence-electron chi connectivity index (χ2n) is 7.38. The summed E-state index contributed by atoms with van der Waals surface area (Å²) < 4.78 is 2.31. The van der Waals surface area contributed by atoms with Gasteiger partial charge in [-0.3, -0.25) is 4.68 Å². The van der Waals surface area contributed by atoms with E-state index in [1.54, 1.807) is 0 Å². The Balaban J connectivity index is 1.71. The van der Waals surface area contributed by atoms with Crippen molar-refractivity contribution in [3.63, 3.8) is 0 Å². The van der Waals surface area contributed by atoms with Crippen LogP contribution in [0, 0.1) is 31.6 Å². The molecule has 4 atom stereocenters. The second-order valence-corrected chi connectivity index (χ2v) is 7.38. The highest BCUT2D eigenvalue weighted by Gasteiger charge is 2.39. The molecule has 2 fully saturated rings. The van der Waals surface area contributed by atoms with Crippen molar-refractivity contribution in [3.8, 4) is 0 Å². The van der Waals surface area contributed by atoms with Gasteiger partial charge in [-0.1, -0.05) is 13.3 Å². The molecule has 3 nitrogen and oxygen atoms in total. The Bertz CT molecular complexity index is 491. The van der Waals surface area contributed by atoms with Crippen molar-refractivity contribution < 1.29 is 0 Å². The summed E-state index contributed by atoms with van der Waals surface area (Å²) in [5.74, 6) is 2.90. The van der Waals surface area contributed by atoms with Gasteiger partial charge in [0.15, 0.2) is 0 Å². The van der Waals surface area contributed by atoms with Crippen LogP contribution in [0.25, 0.3) is 0 Å². The molecule has 118 valence electrons. The van der Waals surface area contributed by atoms with Crippen molar-refractivity contribution in [1.29, 1.82) is 0 Å². The third-order valence-electron chi connectivity index (χ3n) is 5.86. The van der Waals surface area contributed by atoms with E-state index in [0.717, 1.165) is 30.8 Å². The number of nitrogens with one attached hydrogen (secondary N) is 1. The van der Waals surface area contributed by atoms with E-state index >= 15 is 0 Å². The van der Waals surface area contributed by atoms with Crippen LogP contribution >= 0.6 is 0 Å². The third-order valence-corrected chi connectivity index (χ3v) is 5.86. The number of aromatic nitrogens is 2. The van der Waals surface area contributed by atoms with Crippen molar-refractivity contribution in [2.45, 2.75) is 72.4 Å². The van der Waals surface area contributed by atoms with Gasteiger partial charge < -0.3 is 5.32 Å². The monoisotopic (exact) mass is 289 g/mol. The summed E-state index contributed by atoms with van der Waals surface area (Å²) in [5, 5.41) is 8.47. The Morgan fingerprint density at radius 3 is 2.71 bits per heavy atom. The maximum atomic E-state index is 4.86. The molecule has 1 N–H and O–H groups in total. The van der Waals surface area contributed by atoms with Crippen LogP contribution < -0.4 is 5.32 Å². The minimum Gasteiger partial charge on any atom is -0.310 e. The first-order valence-corrected chi connectivity index (χ1v) is 8.87. The summed E-state index contributed by atoms with van der Waals surface area (Å²) in [6.07, 6.45) is 7.08. The molecule has 0 amide bonds. The first-order chi connectivity index (χ1) is 10.1. The van der Waals surface area contributed by atoms with Gasteiger partial charge in [-0.25, -0.2) is 0 Å². The van der Waals surface area contributed by atoms with Crippen LogP contribution in [0.3, 0.4) is 0 Å². The van der Waals surface area contributed by atoms with Gasteiger partial charge in [-0.05, 0) is 70.8 Å². The molecule has 0 radical (unpaired) electrons. The molecule has 21 heavy (non-hydrogen) atoms. The SMILES string of the molecule is CCCNC(C)c1c(C)nn(CC2CC3CCC2C3)c1C. The highest BCUT2D eigenvalue weighted by molar-refractivity contribution is 5.27. The predicted molar refractivity (Wildman–Crippen MR) is 87.3 cm³/mol. The highest BCUT2D eigenvalue weighted by Crippen LogP contribution is 2.48. The molecule has 1 heterocycles. The fraction of sp³-hybridized carbons (Fsp3) is 0.833. The van der Waals surface area contributed by atoms with Gasteiger partial charge in [0, 0.05) is 23.8 Å². The minimum atomic E-state index is 0.415. The zero-order valence-electron chi connectivity index (χ0n) is 14.2. The summed E-state index contributed by atoms with van der Waals surface area (Å²) >= 11 is 0. The van der Waals surface area contributed by atoms with Crippen LogP contribution in [0.5, 0.6) is 0 Å². The molecule has 0 aliphatic heterocycles. The predicted octanol–water partition coefficient (Wildman–Crippen LogP) is 4.00. The molecule has 1 aromatic heterocycles. The second kappa shape index (κ2) is 6.12. The van der Waals surface area contributed by atoms with Crippen molar-refractivity contribution in [2.24, 2.45) is 17.8 Å². The number of hydrogen-bond donors (Lipinski definition) is 1. The summed E-state index contributed by atoms with van der Waals surface area (Å²) in [6.45, 7) is 11.1. The van der Waals surface area contributed by atoms with Gasteiger partial charge in [0.1, 0.15) is 0 Å². The van der Waals surface area contributed by atoms with Crippen molar-refractivity contribution in [1.82, 2.24) is 15.1 Å². The van der Waals surface area contributed by atoms with Crippen LogP contribution in [0.4, 0.5) is 0 Å². The molecule has 2 saturated carbocycles. The van der Waals surface area contributed by atoms with Gasteiger partial charge in [0.05, 0.1) is 5.69 Å². The Morgan fingerprint density at radius 2 is 2.10 bits per heavy atom. The molecule has 3 heteroatoms. The lowest BCUT2D eigenvalue weighted by molar-refractivity contribution is 0.283. The van der Waals surface area contributed by atoms with Gasteiger partial charge in [0.2, 0.25) is 0 Å². The molecule has 0 aromatic carbocycles. The zero-order chi connectivity index (χ0) is 15.0. The number of aryl methyl sites for hydroxylation is 1. The first-order valence-electron chi connectivity index (χ1n) is 8.87. The normalized spacial score (nSPS) is 29.2. The van der Waals surface area contributed by atoms with E-state index in [2.05, 4.69) is 37.7 Å². The minimum absolute atomic E-state index is 0.415. The van der Waals surface area contributed by atoms with Gasteiger partial charge >= 0.3 is 0 Å². The summed E-state index contributed by atoms with van der Waals surface area (Å²) in [6, 6.07) is 0.415. The van der Waals surface area contributed by atoms with Crippen LogP contribution in [0.2, 0.25) is 0 Å². The molecular formula is C18H31N3. The molecule has 0 saturated heterocycles. The fourth-order valence-electron chi connectivity index (χ4n) is 4.80. The quantitative estimate of drug-likeness (QED) is 0.858. The molecule has 1 aromatic rings. The Labute approximate surface area is 129 Å².